The molecule has 0 bridgehead atoms. The van der Waals surface area contributed by atoms with E-state index in [2.05, 4.69) is 15.2 Å². The normalized spacial score (nSPS) is 18.2. The van der Waals surface area contributed by atoms with Gasteiger partial charge in [-0.1, -0.05) is 41.4 Å². The molecule has 0 saturated carbocycles. The van der Waals surface area contributed by atoms with Crippen LogP contribution in [0.5, 0.6) is 0 Å². The molecule has 4 aromatic rings. The van der Waals surface area contributed by atoms with Crippen LogP contribution >= 0.6 is 23.2 Å². The molecule has 30 heavy (non-hydrogen) atoms. The lowest BCUT2D eigenvalue weighted by molar-refractivity contribution is 0.468. The lowest BCUT2D eigenvalue weighted by Crippen LogP contribution is -2.30. The van der Waals surface area contributed by atoms with Crippen LogP contribution < -0.4 is 0 Å². The largest absolute Gasteiger partial charge is 0.239 e. The van der Waals surface area contributed by atoms with Crippen LogP contribution in [-0.4, -0.2) is 30.3 Å². The molecular weight excluding hydrogens is 426 g/mol. The smallest absolute Gasteiger partial charge is 0.150 e. The standard InChI is InChI=1S/C21H15Cl2FN6/c1-12-19(21-25-11-27-29(21)17-5-3-2-4-16(17)24)20(30-18(28-12)8-9-26-30)13-6-7-14(22)15(23)10-13/h2-11,19-20H,1H3/t19?,20-/m1/s1. The molecule has 0 radical (unpaired) electrons. The van der Waals surface area contributed by atoms with Gasteiger partial charge in [-0.2, -0.15) is 10.2 Å². The Morgan fingerprint density at radius 1 is 1.00 bits per heavy atom. The third kappa shape index (κ3) is 3.02. The molecule has 0 spiro atoms. The molecule has 150 valence electrons. The summed E-state index contributed by atoms with van der Waals surface area (Å²) in [7, 11) is 0. The van der Waals surface area contributed by atoms with Crippen molar-refractivity contribution in [1.29, 1.82) is 0 Å². The fourth-order valence-electron chi connectivity index (χ4n) is 3.86. The second-order valence-corrected chi connectivity index (χ2v) is 7.78. The first-order chi connectivity index (χ1) is 14.5. The van der Waals surface area contributed by atoms with Crippen molar-refractivity contribution in [1.82, 2.24) is 24.5 Å². The summed E-state index contributed by atoms with van der Waals surface area (Å²) in [5.41, 5.74) is 2.01. The second-order valence-electron chi connectivity index (χ2n) is 6.96. The van der Waals surface area contributed by atoms with Crippen LogP contribution in [0.15, 0.2) is 66.0 Å². The Morgan fingerprint density at radius 3 is 2.63 bits per heavy atom. The number of hydrogen-bond donors (Lipinski definition) is 0. The highest BCUT2D eigenvalue weighted by molar-refractivity contribution is 6.42. The van der Waals surface area contributed by atoms with Crippen molar-refractivity contribution in [3.8, 4) is 5.69 Å². The number of hydrogen-bond acceptors (Lipinski definition) is 4. The molecule has 0 amide bonds. The molecule has 2 aromatic carbocycles. The highest BCUT2D eigenvalue weighted by Crippen LogP contribution is 2.42. The van der Waals surface area contributed by atoms with Gasteiger partial charge in [0.15, 0.2) is 5.82 Å². The predicted molar refractivity (Wildman–Crippen MR) is 114 cm³/mol. The maximum absolute atomic E-state index is 14.5. The van der Waals surface area contributed by atoms with Gasteiger partial charge in [0.25, 0.3) is 0 Å². The van der Waals surface area contributed by atoms with Gasteiger partial charge in [0.1, 0.15) is 23.7 Å². The van der Waals surface area contributed by atoms with Gasteiger partial charge >= 0.3 is 0 Å². The monoisotopic (exact) mass is 440 g/mol. The van der Waals surface area contributed by atoms with E-state index in [1.54, 1.807) is 30.5 Å². The number of nitrogens with zero attached hydrogens (tertiary/aromatic N) is 6. The molecular formula is C21H15Cl2FN6. The first-order valence-corrected chi connectivity index (χ1v) is 9.98. The summed E-state index contributed by atoms with van der Waals surface area (Å²) in [6, 6.07) is 13.5. The van der Waals surface area contributed by atoms with Crippen molar-refractivity contribution in [2.24, 2.45) is 4.99 Å². The lowest BCUT2D eigenvalue weighted by Gasteiger charge is -2.31. The number of para-hydroxylation sites is 1. The van der Waals surface area contributed by atoms with Gasteiger partial charge in [0.2, 0.25) is 0 Å². The Hall–Kier alpha value is -3.03. The molecule has 5 rings (SSSR count). The van der Waals surface area contributed by atoms with Crippen LogP contribution in [0.3, 0.4) is 0 Å². The number of aromatic nitrogens is 5. The van der Waals surface area contributed by atoms with Crippen molar-refractivity contribution in [3.63, 3.8) is 0 Å². The van der Waals surface area contributed by atoms with Gasteiger partial charge in [-0.05, 0) is 36.8 Å². The molecule has 1 unspecified atom stereocenters. The first-order valence-electron chi connectivity index (χ1n) is 9.23. The van der Waals surface area contributed by atoms with Gasteiger partial charge in [0, 0.05) is 11.8 Å². The van der Waals surface area contributed by atoms with Gasteiger partial charge in [-0.3, -0.25) is 0 Å². The Bertz CT molecular complexity index is 1280. The summed E-state index contributed by atoms with van der Waals surface area (Å²) < 4.78 is 17.9. The topological polar surface area (TPSA) is 60.9 Å². The molecule has 0 fully saturated rings. The molecule has 3 heterocycles. The molecule has 2 aromatic heterocycles. The third-order valence-electron chi connectivity index (χ3n) is 5.19. The molecule has 9 heteroatoms. The average Bonchev–Trinajstić information content (AvgIpc) is 3.38. The maximum Gasteiger partial charge on any atom is 0.150 e. The zero-order valence-corrected chi connectivity index (χ0v) is 17.3. The van der Waals surface area contributed by atoms with Crippen LogP contribution in [-0.2, 0) is 0 Å². The fraction of sp³-hybridized carbons (Fsp3) is 0.143. The Labute approximate surface area is 181 Å². The van der Waals surface area contributed by atoms with E-state index < -0.39 is 0 Å². The van der Waals surface area contributed by atoms with E-state index in [-0.39, 0.29) is 17.8 Å². The van der Waals surface area contributed by atoms with E-state index >= 15 is 0 Å². The zero-order chi connectivity index (χ0) is 20.8. The number of halogens is 3. The van der Waals surface area contributed by atoms with Crippen LogP contribution in [0.2, 0.25) is 10.0 Å². The van der Waals surface area contributed by atoms with E-state index in [0.29, 0.717) is 21.6 Å². The zero-order valence-electron chi connectivity index (χ0n) is 15.7. The third-order valence-corrected chi connectivity index (χ3v) is 5.93. The van der Waals surface area contributed by atoms with E-state index in [4.69, 9.17) is 28.2 Å². The minimum absolute atomic E-state index is 0.308. The number of rotatable bonds is 3. The van der Waals surface area contributed by atoms with E-state index in [9.17, 15) is 4.39 Å². The van der Waals surface area contributed by atoms with Crippen molar-refractivity contribution in [3.05, 3.63) is 88.3 Å². The number of benzene rings is 2. The predicted octanol–water partition coefficient (Wildman–Crippen LogP) is 5.39. The summed E-state index contributed by atoms with van der Waals surface area (Å²) in [5, 5.41) is 9.69. The summed E-state index contributed by atoms with van der Waals surface area (Å²) in [4.78, 5) is 9.18. The van der Waals surface area contributed by atoms with Crippen molar-refractivity contribution < 1.29 is 4.39 Å². The lowest BCUT2D eigenvalue weighted by atomic mass is 9.87. The molecule has 0 aliphatic carbocycles. The summed E-state index contributed by atoms with van der Waals surface area (Å²) in [6.45, 7) is 1.92. The molecule has 6 nitrogen and oxygen atoms in total. The number of fused-ring (bicyclic) bond motifs is 1. The molecule has 0 N–H and O–H groups in total. The van der Waals surface area contributed by atoms with Crippen molar-refractivity contribution in [2.45, 2.75) is 18.9 Å². The van der Waals surface area contributed by atoms with E-state index in [1.807, 2.05) is 29.8 Å². The average molecular weight is 441 g/mol. The highest BCUT2D eigenvalue weighted by atomic mass is 35.5. The Balaban J connectivity index is 1.72. The minimum Gasteiger partial charge on any atom is -0.239 e. The van der Waals surface area contributed by atoms with Gasteiger partial charge in [-0.25, -0.2) is 23.7 Å². The molecule has 1 aliphatic heterocycles. The molecule has 1 aliphatic rings. The summed E-state index contributed by atoms with van der Waals surface area (Å²) in [5.74, 6) is 0.535. The minimum atomic E-state index is -0.388. The SMILES string of the molecule is CC1=Nc2ccnn2[C@H](c2ccc(Cl)c(Cl)c2)C1c1ncnn1-c1ccccc1F. The van der Waals surface area contributed by atoms with Crippen molar-refractivity contribution >= 4 is 34.7 Å². The van der Waals surface area contributed by atoms with Crippen molar-refractivity contribution in [2.75, 3.05) is 0 Å². The van der Waals surface area contributed by atoms with Crippen LogP contribution in [0, 0.1) is 5.82 Å². The summed E-state index contributed by atoms with van der Waals surface area (Å²) >= 11 is 12.5. The van der Waals surface area contributed by atoms with Gasteiger partial charge in [0.05, 0.1) is 28.2 Å². The molecule has 0 saturated heterocycles. The van der Waals surface area contributed by atoms with E-state index in [0.717, 1.165) is 17.1 Å². The Kier molecular flexibility index (Phi) is 4.64. The van der Waals surface area contributed by atoms with E-state index in [1.165, 1.54) is 17.1 Å². The molecule has 2 atom stereocenters. The first kappa shape index (κ1) is 19.0. The van der Waals surface area contributed by atoms with Gasteiger partial charge in [-0.15, -0.1) is 0 Å². The quantitative estimate of drug-likeness (QED) is 0.429. The fourth-order valence-corrected chi connectivity index (χ4v) is 4.17. The Morgan fingerprint density at radius 2 is 1.83 bits per heavy atom. The van der Waals surface area contributed by atoms with Crippen LogP contribution in [0.4, 0.5) is 10.2 Å². The van der Waals surface area contributed by atoms with Crippen LogP contribution in [0.1, 0.15) is 30.3 Å². The van der Waals surface area contributed by atoms with Gasteiger partial charge < -0.3 is 0 Å². The maximum atomic E-state index is 14.5. The van der Waals surface area contributed by atoms with Crippen LogP contribution in [0.25, 0.3) is 5.69 Å². The summed E-state index contributed by atoms with van der Waals surface area (Å²) in [6.07, 6.45) is 3.11. The highest BCUT2D eigenvalue weighted by Gasteiger charge is 2.38. The number of aliphatic imine (C=N–C) groups is 1. The second kappa shape index (κ2) is 7.34.